The van der Waals surface area contributed by atoms with E-state index in [9.17, 15) is 5.11 Å². The Kier molecular flexibility index (Phi) is 4.38. The van der Waals surface area contributed by atoms with Crippen molar-refractivity contribution >= 4 is 11.3 Å². The monoisotopic (exact) mass is 239 g/mol. The summed E-state index contributed by atoms with van der Waals surface area (Å²) in [4.78, 5) is 3.97. The molecule has 3 heteroatoms. The number of rotatable bonds is 4. The SMILES string of the molecule is CC(O)C1CCCN(CCc2cccs2)C1. The van der Waals surface area contributed by atoms with E-state index in [0.717, 1.165) is 19.5 Å². The number of hydrogen-bond donors (Lipinski definition) is 1. The highest BCUT2D eigenvalue weighted by atomic mass is 32.1. The second kappa shape index (κ2) is 5.80. The van der Waals surface area contributed by atoms with E-state index in [1.165, 1.54) is 24.3 Å². The van der Waals surface area contributed by atoms with Gasteiger partial charge in [-0.25, -0.2) is 0 Å². The van der Waals surface area contributed by atoms with Crippen molar-refractivity contribution in [3.8, 4) is 0 Å². The van der Waals surface area contributed by atoms with E-state index in [1.807, 2.05) is 18.3 Å². The van der Waals surface area contributed by atoms with E-state index in [-0.39, 0.29) is 6.10 Å². The molecule has 1 fully saturated rings. The summed E-state index contributed by atoms with van der Waals surface area (Å²) >= 11 is 1.84. The largest absolute Gasteiger partial charge is 0.393 e. The molecule has 2 nitrogen and oxygen atoms in total. The summed E-state index contributed by atoms with van der Waals surface area (Å²) in [6.07, 6.45) is 3.43. The molecule has 2 unspecified atom stereocenters. The lowest BCUT2D eigenvalue weighted by Crippen LogP contribution is -2.40. The maximum atomic E-state index is 9.62. The Morgan fingerprint density at radius 3 is 3.19 bits per heavy atom. The number of likely N-dealkylation sites (tertiary alicyclic amines) is 1. The second-order valence-electron chi connectivity index (χ2n) is 4.77. The molecule has 0 spiro atoms. The third-order valence-corrected chi connectivity index (χ3v) is 4.41. The van der Waals surface area contributed by atoms with Crippen LogP contribution in [0.1, 0.15) is 24.6 Å². The lowest BCUT2D eigenvalue weighted by atomic mass is 9.93. The first-order valence-electron chi connectivity index (χ1n) is 6.18. The third-order valence-electron chi connectivity index (χ3n) is 3.48. The van der Waals surface area contributed by atoms with Gasteiger partial charge in [0.25, 0.3) is 0 Å². The van der Waals surface area contributed by atoms with Gasteiger partial charge >= 0.3 is 0 Å². The number of aliphatic hydroxyl groups is 1. The van der Waals surface area contributed by atoms with Crippen LogP contribution in [0.15, 0.2) is 17.5 Å². The molecular weight excluding hydrogens is 218 g/mol. The number of nitrogens with zero attached hydrogens (tertiary/aromatic N) is 1. The Labute approximate surface area is 102 Å². The molecule has 1 aromatic heterocycles. The molecule has 0 saturated carbocycles. The fourth-order valence-corrected chi connectivity index (χ4v) is 3.11. The second-order valence-corrected chi connectivity index (χ2v) is 5.81. The molecule has 0 bridgehead atoms. The van der Waals surface area contributed by atoms with Crippen LogP contribution in [0.4, 0.5) is 0 Å². The molecule has 1 saturated heterocycles. The number of aliphatic hydroxyl groups excluding tert-OH is 1. The van der Waals surface area contributed by atoms with Crippen LogP contribution in [0.25, 0.3) is 0 Å². The summed E-state index contributed by atoms with van der Waals surface area (Å²) < 4.78 is 0. The van der Waals surface area contributed by atoms with Gasteiger partial charge in [-0.2, -0.15) is 0 Å². The van der Waals surface area contributed by atoms with Gasteiger partial charge < -0.3 is 10.0 Å². The van der Waals surface area contributed by atoms with E-state index < -0.39 is 0 Å². The zero-order valence-electron chi connectivity index (χ0n) is 9.93. The molecule has 1 aliphatic rings. The van der Waals surface area contributed by atoms with Crippen molar-refractivity contribution in [2.24, 2.45) is 5.92 Å². The minimum absolute atomic E-state index is 0.149. The quantitative estimate of drug-likeness (QED) is 0.872. The third kappa shape index (κ3) is 3.30. The van der Waals surface area contributed by atoms with Gasteiger partial charge in [0, 0.05) is 18.0 Å². The van der Waals surface area contributed by atoms with E-state index in [2.05, 4.69) is 22.4 Å². The minimum Gasteiger partial charge on any atom is -0.393 e. The van der Waals surface area contributed by atoms with Crippen LogP contribution in [0, 0.1) is 5.92 Å². The first-order chi connectivity index (χ1) is 7.75. The van der Waals surface area contributed by atoms with Crippen LogP contribution >= 0.6 is 11.3 Å². The van der Waals surface area contributed by atoms with E-state index in [1.54, 1.807) is 0 Å². The van der Waals surface area contributed by atoms with Gasteiger partial charge in [-0.05, 0) is 50.1 Å². The highest BCUT2D eigenvalue weighted by Crippen LogP contribution is 2.20. The fourth-order valence-electron chi connectivity index (χ4n) is 2.41. The lowest BCUT2D eigenvalue weighted by molar-refractivity contribution is 0.0635. The Hall–Kier alpha value is -0.380. The van der Waals surface area contributed by atoms with Crippen molar-refractivity contribution in [3.05, 3.63) is 22.4 Å². The average Bonchev–Trinajstić information content (AvgIpc) is 2.79. The predicted molar refractivity (Wildman–Crippen MR) is 68.9 cm³/mol. The van der Waals surface area contributed by atoms with Crippen LogP contribution in [0.2, 0.25) is 0 Å². The van der Waals surface area contributed by atoms with Crippen molar-refractivity contribution in [1.82, 2.24) is 4.90 Å². The molecule has 2 heterocycles. The topological polar surface area (TPSA) is 23.5 Å². The van der Waals surface area contributed by atoms with E-state index >= 15 is 0 Å². The van der Waals surface area contributed by atoms with Crippen molar-refractivity contribution in [2.45, 2.75) is 32.3 Å². The van der Waals surface area contributed by atoms with Crippen LogP contribution in [0.5, 0.6) is 0 Å². The molecule has 2 atom stereocenters. The minimum atomic E-state index is -0.149. The van der Waals surface area contributed by atoms with Crippen molar-refractivity contribution in [3.63, 3.8) is 0 Å². The number of hydrogen-bond acceptors (Lipinski definition) is 3. The molecule has 1 aromatic rings. The predicted octanol–water partition coefficient (Wildman–Crippen LogP) is 2.38. The van der Waals surface area contributed by atoms with Crippen LogP contribution in [0.3, 0.4) is 0 Å². The Balaban J connectivity index is 1.77. The smallest absolute Gasteiger partial charge is 0.0552 e. The zero-order valence-corrected chi connectivity index (χ0v) is 10.7. The molecule has 1 N–H and O–H groups in total. The highest BCUT2D eigenvalue weighted by molar-refractivity contribution is 7.09. The molecule has 90 valence electrons. The van der Waals surface area contributed by atoms with Gasteiger partial charge in [-0.1, -0.05) is 6.07 Å². The Morgan fingerprint density at radius 2 is 2.50 bits per heavy atom. The molecule has 0 amide bonds. The van der Waals surface area contributed by atoms with Gasteiger partial charge in [0.05, 0.1) is 6.10 Å². The summed E-state index contributed by atoms with van der Waals surface area (Å²) in [5.74, 6) is 0.483. The maximum Gasteiger partial charge on any atom is 0.0552 e. The summed E-state index contributed by atoms with van der Waals surface area (Å²) in [6, 6.07) is 4.33. The van der Waals surface area contributed by atoms with Crippen LogP contribution in [-0.4, -0.2) is 35.7 Å². The number of piperidine rings is 1. The van der Waals surface area contributed by atoms with Gasteiger partial charge in [-0.15, -0.1) is 11.3 Å². The summed E-state index contributed by atoms with van der Waals surface area (Å²) in [6.45, 7) is 5.34. The van der Waals surface area contributed by atoms with Crippen LogP contribution in [-0.2, 0) is 6.42 Å². The zero-order chi connectivity index (χ0) is 11.4. The average molecular weight is 239 g/mol. The van der Waals surface area contributed by atoms with Gasteiger partial charge in [0.15, 0.2) is 0 Å². The first-order valence-corrected chi connectivity index (χ1v) is 7.06. The first kappa shape index (κ1) is 12.1. The molecule has 0 aromatic carbocycles. The molecule has 1 aliphatic heterocycles. The van der Waals surface area contributed by atoms with Crippen molar-refractivity contribution in [2.75, 3.05) is 19.6 Å². The standard InChI is InChI=1S/C13H21NOS/c1-11(15)12-4-2-7-14(10-12)8-6-13-5-3-9-16-13/h3,5,9,11-12,15H,2,4,6-8,10H2,1H3. The van der Waals surface area contributed by atoms with E-state index in [0.29, 0.717) is 5.92 Å². The van der Waals surface area contributed by atoms with Gasteiger partial charge in [-0.3, -0.25) is 0 Å². The van der Waals surface area contributed by atoms with Gasteiger partial charge in [0.2, 0.25) is 0 Å². The van der Waals surface area contributed by atoms with E-state index in [4.69, 9.17) is 0 Å². The molecule has 2 rings (SSSR count). The lowest BCUT2D eigenvalue weighted by Gasteiger charge is -2.34. The van der Waals surface area contributed by atoms with Crippen molar-refractivity contribution in [1.29, 1.82) is 0 Å². The normalized spacial score (nSPS) is 24.5. The molecule has 0 aliphatic carbocycles. The maximum absolute atomic E-state index is 9.62. The fraction of sp³-hybridized carbons (Fsp3) is 0.692. The molecule has 16 heavy (non-hydrogen) atoms. The summed E-state index contributed by atoms with van der Waals surface area (Å²) in [5.41, 5.74) is 0. The molecular formula is C13H21NOS. The van der Waals surface area contributed by atoms with Crippen molar-refractivity contribution < 1.29 is 5.11 Å². The van der Waals surface area contributed by atoms with Crippen LogP contribution < -0.4 is 0 Å². The Bertz CT molecular complexity index is 297. The highest BCUT2D eigenvalue weighted by Gasteiger charge is 2.22. The Morgan fingerprint density at radius 1 is 1.62 bits per heavy atom. The number of thiophene rings is 1. The summed E-state index contributed by atoms with van der Waals surface area (Å²) in [5, 5.41) is 11.8. The summed E-state index contributed by atoms with van der Waals surface area (Å²) in [7, 11) is 0. The van der Waals surface area contributed by atoms with Gasteiger partial charge in [0.1, 0.15) is 0 Å². The molecule has 0 radical (unpaired) electrons.